The molecule has 1 aromatic heterocycles. The van der Waals surface area contributed by atoms with Crippen molar-refractivity contribution in [3.63, 3.8) is 0 Å². The summed E-state index contributed by atoms with van der Waals surface area (Å²) < 4.78 is 0. The molecule has 0 aliphatic rings. The van der Waals surface area contributed by atoms with E-state index in [1.807, 2.05) is 43.5 Å². The Morgan fingerprint density at radius 2 is 2.11 bits per heavy atom. The van der Waals surface area contributed by atoms with Gasteiger partial charge in [-0.25, -0.2) is 4.98 Å². The van der Waals surface area contributed by atoms with Crippen molar-refractivity contribution in [2.75, 3.05) is 11.6 Å². The Balaban J connectivity index is 2.27. The Labute approximate surface area is 112 Å². The van der Waals surface area contributed by atoms with Crippen LogP contribution in [-0.4, -0.2) is 11.2 Å². The van der Waals surface area contributed by atoms with Crippen LogP contribution in [0.15, 0.2) is 41.4 Å². The van der Waals surface area contributed by atoms with E-state index in [-0.39, 0.29) is 0 Å². The number of hydrogen-bond acceptors (Lipinski definition) is 4. The molecule has 0 saturated carbocycles. The molecule has 0 unspecified atom stereocenters. The highest BCUT2D eigenvalue weighted by atomic mass is 32.2. The van der Waals surface area contributed by atoms with Crippen LogP contribution in [0.5, 0.6) is 0 Å². The first-order chi connectivity index (χ1) is 8.72. The van der Waals surface area contributed by atoms with Crippen LogP contribution in [0, 0.1) is 6.92 Å². The molecule has 0 amide bonds. The van der Waals surface area contributed by atoms with Crippen molar-refractivity contribution < 1.29 is 0 Å². The Hall–Kier alpha value is -1.52. The van der Waals surface area contributed by atoms with E-state index in [0.717, 1.165) is 27.7 Å². The second-order valence-electron chi connectivity index (χ2n) is 4.05. The second-order valence-corrected chi connectivity index (χ2v) is 4.88. The van der Waals surface area contributed by atoms with Gasteiger partial charge in [-0.15, -0.1) is 11.8 Å². The van der Waals surface area contributed by atoms with Crippen molar-refractivity contribution in [3.05, 3.63) is 47.5 Å². The predicted octanol–water partition coefficient (Wildman–Crippen LogP) is 3.31. The lowest BCUT2D eigenvalue weighted by Crippen LogP contribution is -2.00. The fourth-order valence-electron chi connectivity index (χ4n) is 1.66. The molecule has 0 spiro atoms. The van der Waals surface area contributed by atoms with Crippen molar-refractivity contribution in [2.45, 2.75) is 18.5 Å². The summed E-state index contributed by atoms with van der Waals surface area (Å²) in [6.07, 6.45) is 2.02. The third-order valence-corrected chi connectivity index (χ3v) is 3.35. The first kappa shape index (κ1) is 12.9. The Bertz CT molecular complexity index is 540. The number of thioether (sulfide) groups is 1. The largest absolute Gasteiger partial charge is 0.340 e. The molecular weight excluding hydrogens is 242 g/mol. The number of rotatable bonds is 4. The van der Waals surface area contributed by atoms with Crippen molar-refractivity contribution in [1.82, 2.24) is 4.98 Å². The molecule has 0 radical (unpaired) electrons. The molecule has 0 aliphatic carbocycles. The van der Waals surface area contributed by atoms with E-state index < -0.39 is 0 Å². The van der Waals surface area contributed by atoms with Gasteiger partial charge in [0.25, 0.3) is 0 Å². The van der Waals surface area contributed by atoms with Gasteiger partial charge >= 0.3 is 0 Å². The van der Waals surface area contributed by atoms with Crippen LogP contribution in [0.25, 0.3) is 0 Å². The second kappa shape index (κ2) is 5.89. The average Bonchev–Trinajstić information content (AvgIpc) is 2.41. The summed E-state index contributed by atoms with van der Waals surface area (Å²) in [6, 6.07) is 12.2. The smallest absolute Gasteiger partial charge is 0.134 e. The number of nitrogens with zero attached hydrogens (tertiary/aromatic N) is 1. The molecule has 0 bridgehead atoms. The van der Waals surface area contributed by atoms with Gasteiger partial charge in [0.2, 0.25) is 0 Å². The zero-order chi connectivity index (χ0) is 13.0. The molecule has 0 atom stereocenters. The van der Waals surface area contributed by atoms with E-state index in [0.29, 0.717) is 6.54 Å². The normalized spacial score (nSPS) is 10.4. The maximum Gasteiger partial charge on any atom is 0.134 e. The highest BCUT2D eigenvalue weighted by Crippen LogP contribution is 2.22. The van der Waals surface area contributed by atoms with Crippen LogP contribution in [0.1, 0.15) is 11.1 Å². The van der Waals surface area contributed by atoms with Gasteiger partial charge in [0.05, 0.1) is 5.03 Å². The number of hydrogen-bond donors (Lipinski definition) is 2. The molecule has 0 fully saturated rings. The lowest BCUT2D eigenvalue weighted by molar-refractivity contribution is 1.07. The summed E-state index contributed by atoms with van der Waals surface area (Å²) >= 11 is 1.64. The number of nitrogens with one attached hydrogen (secondary N) is 1. The molecule has 3 nitrogen and oxygen atoms in total. The zero-order valence-corrected chi connectivity index (χ0v) is 11.4. The van der Waals surface area contributed by atoms with Crippen LogP contribution in [0.3, 0.4) is 0 Å². The summed E-state index contributed by atoms with van der Waals surface area (Å²) in [4.78, 5) is 4.56. The van der Waals surface area contributed by atoms with Gasteiger partial charge in [0.15, 0.2) is 0 Å². The topological polar surface area (TPSA) is 50.9 Å². The van der Waals surface area contributed by atoms with Crippen LogP contribution < -0.4 is 11.1 Å². The highest BCUT2D eigenvalue weighted by Gasteiger charge is 2.03. The van der Waals surface area contributed by atoms with Gasteiger partial charge in [-0.2, -0.15) is 0 Å². The SMILES string of the molecule is CSc1ccc(C)c(Nc2cccc(CN)c2)n1. The molecule has 0 saturated heterocycles. The van der Waals surface area contributed by atoms with Gasteiger partial charge in [-0.3, -0.25) is 0 Å². The van der Waals surface area contributed by atoms with E-state index in [9.17, 15) is 0 Å². The number of nitrogens with two attached hydrogens (primary N) is 1. The van der Waals surface area contributed by atoms with E-state index in [2.05, 4.69) is 16.4 Å². The summed E-state index contributed by atoms with van der Waals surface area (Å²) in [5.41, 5.74) is 8.90. The van der Waals surface area contributed by atoms with E-state index in [4.69, 9.17) is 5.73 Å². The maximum atomic E-state index is 5.64. The van der Waals surface area contributed by atoms with Crippen LogP contribution in [0.4, 0.5) is 11.5 Å². The number of anilines is 2. The van der Waals surface area contributed by atoms with Gasteiger partial charge < -0.3 is 11.1 Å². The minimum Gasteiger partial charge on any atom is -0.340 e. The Morgan fingerprint density at radius 1 is 1.28 bits per heavy atom. The molecule has 1 heterocycles. The highest BCUT2D eigenvalue weighted by molar-refractivity contribution is 7.98. The Kier molecular flexibility index (Phi) is 4.23. The van der Waals surface area contributed by atoms with Crippen molar-refractivity contribution >= 4 is 23.3 Å². The fraction of sp³-hybridized carbons (Fsp3) is 0.214. The summed E-state index contributed by atoms with van der Waals surface area (Å²) in [6.45, 7) is 2.60. The zero-order valence-electron chi connectivity index (χ0n) is 10.6. The van der Waals surface area contributed by atoms with Gasteiger partial charge in [0.1, 0.15) is 5.82 Å². The van der Waals surface area contributed by atoms with Gasteiger partial charge in [-0.05, 0) is 42.5 Å². The third kappa shape index (κ3) is 3.03. The molecule has 4 heteroatoms. The van der Waals surface area contributed by atoms with Crippen molar-refractivity contribution in [3.8, 4) is 0 Å². The molecule has 2 aromatic rings. The number of benzene rings is 1. The summed E-state index contributed by atoms with van der Waals surface area (Å²) in [5.74, 6) is 0.899. The molecule has 18 heavy (non-hydrogen) atoms. The quantitative estimate of drug-likeness (QED) is 0.827. The van der Waals surface area contributed by atoms with Crippen LogP contribution in [-0.2, 0) is 6.54 Å². The monoisotopic (exact) mass is 259 g/mol. The first-order valence-electron chi connectivity index (χ1n) is 5.80. The van der Waals surface area contributed by atoms with Crippen molar-refractivity contribution in [2.24, 2.45) is 5.73 Å². The van der Waals surface area contributed by atoms with Gasteiger partial charge in [-0.1, -0.05) is 18.2 Å². The lowest BCUT2D eigenvalue weighted by Gasteiger charge is -2.10. The Morgan fingerprint density at radius 3 is 2.83 bits per heavy atom. The van der Waals surface area contributed by atoms with Crippen LogP contribution >= 0.6 is 11.8 Å². The molecule has 1 aromatic carbocycles. The number of aromatic nitrogens is 1. The minimum absolute atomic E-state index is 0.548. The van der Waals surface area contributed by atoms with Gasteiger partial charge in [0, 0.05) is 12.2 Å². The van der Waals surface area contributed by atoms with Crippen LogP contribution in [0.2, 0.25) is 0 Å². The first-order valence-corrected chi connectivity index (χ1v) is 7.03. The van der Waals surface area contributed by atoms with Crippen molar-refractivity contribution in [1.29, 1.82) is 0 Å². The lowest BCUT2D eigenvalue weighted by atomic mass is 10.2. The third-order valence-electron chi connectivity index (χ3n) is 2.71. The fourth-order valence-corrected chi connectivity index (χ4v) is 2.05. The number of pyridine rings is 1. The predicted molar refractivity (Wildman–Crippen MR) is 78.4 cm³/mol. The molecule has 0 aliphatic heterocycles. The molecular formula is C14H17N3S. The molecule has 94 valence electrons. The summed E-state index contributed by atoms with van der Waals surface area (Å²) in [5, 5.41) is 4.35. The van der Waals surface area contributed by atoms with E-state index >= 15 is 0 Å². The average molecular weight is 259 g/mol. The molecule has 3 N–H and O–H groups in total. The molecule has 2 rings (SSSR count). The van der Waals surface area contributed by atoms with E-state index in [1.54, 1.807) is 11.8 Å². The van der Waals surface area contributed by atoms with E-state index in [1.165, 1.54) is 0 Å². The maximum absolute atomic E-state index is 5.64. The standard InChI is InChI=1S/C14H17N3S/c1-10-6-7-13(18-2)17-14(10)16-12-5-3-4-11(8-12)9-15/h3-8H,9,15H2,1-2H3,(H,16,17). The number of aryl methyl sites for hydroxylation is 1. The summed E-state index contributed by atoms with van der Waals surface area (Å²) in [7, 11) is 0. The minimum atomic E-state index is 0.548.